The van der Waals surface area contributed by atoms with Crippen molar-refractivity contribution in [1.82, 2.24) is 0 Å². The summed E-state index contributed by atoms with van der Waals surface area (Å²) in [7, 11) is 0. The molecule has 0 fully saturated rings. The number of anilines is 3. The highest BCUT2D eigenvalue weighted by atomic mass is 16.3. The largest absolute Gasteiger partial charge is 0.455 e. The monoisotopic (exact) mass is 677 g/mol. The first-order chi connectivity index (χ1) is 26.0. The molecule has 250 valence electrons. The molecule has 0 spiro atoms. The van der Waals surface area contributed by atoms with Crippen molar-refractivity contribution in [2.45, 2.75) is 19.3 Å². The van der Waals surface area contributed by atoms with Crippen molar-refractivity contribution in [1.29, 1.82) is 0 Å². The molecule has 2 heteroatoms. The van der Waals surface area contributed by atoms with Crippen molar-refractivity contribution in [3.8, 4) is 22.3 Å². The van der Waals surface area contributed by atoms with Gasteiger partial charge in [0.15, 0.2) is 0 Å². The molecule has 10 aromatic rings. The topological polar surface area (TPSA) is 16.4 Å². The quantitative estimate of drug-likeness (QED) is 0.184. The Bertz CT molecular complexity index is 3100. The zero-order valence-corrected chi connectivity index (χ0v) is 29.6. The fourth-order valence-corrected chi connectivity index (χ4v) is 8.99. The first-order valence-electron chi connectivity index (χ1n) is 18.4. The van der Waals surface area contributed by atoms with Gasteiger partial charge in [0.2, 0.25) is 0 Å². The van der Waals surface area contributed by atoms with Gasteiger partial charge in [-0.2, -0.15) is 0 Å². The maximum absolute atomic E-state index is 7.03. The van der Waals surface area contributed by atoms with Gasteiger partial charge in [-0.15, -0.1) is 0 Å². The number of furan rings is 1. The van der Waals surface area contributed by atoms with Crippen molar-refractivity contribution < 1.29 is 4.42 Å². The van der Waals surface area contributed by atoms with E-state index in [4.69, 9.17) is 4.42 Å². The summed E-state index contributed by atoms with van der Waals surface area (Å²) in [6, 6.07) is 64.2. The molecule has 1 aliphatic carbocycles. The van der Waals surface area contributed by atoms with Crippen LogP contribution in [-0.4, -0.2) is 0 Å². The minimum atomic E-state index is -0.115. The number of nitrogens with zero attached hydrogens (tertiary/aromatic N) is 1. The number of hydrogen-bond donors (Lipinski definition) is 0. The Kier molecular flexibility index (Phi) is 6.33. The number of fused-ring (bicyclic) bond motifs is 9. The zero-order valence-electron chi connectivity index (χ0n) is 29.6. The van der Waals surface area contributed by atoms with Crippen LogP contribution < -0.4 is 4.90 Å². The lowest BCUT2D eigenvalue weighted by Crippen LogP contribution is -2.16. The van der Waals surface area contributed by atoms with E-state index >= 15 is 0 Å². The fourth-order valence-electron chi connectivity index (χ4n) is 8.99. The van der Waals surface area contributed by atoms with Gasteiger partial charge in [-0.1, -0.05) is 141 Å². The van der Waals surface area contributed by atoms with Gasteiger partial charge in [0.05, 0.1) is 5.69 Å². The molecule has 0 bridgehead atoms. The highest BCUT2D eigenvalue weighted by molar-refractivity contribution is 6.19. The van der Waals surface area contributed by atoms with E-state index in [-0.39, 0.29) is 5.41 Å². The van der Waals surface area contributed by atoms with Gasteiger partial charge in [0.1, 0.15) is 11.2 Å². The Balaban J connectivity index is 1.15. The second-order valence-corrected chi connectivity index (χ2v) is 14.9. The van der Waals surface area contributed by atoms with E-state index in [2.05, 4.69) is 195 Å². The molecule has 1 aliphatic rings. The summed E-state index contributed by atoms with van der Waals surface area (Å²) in [6.45, 7) is 4.70. The van der Waals surface area contributed by atoms with Crippen LogP contribution in [0.1, 0.15) is 25.0 Å². The Hall–Kier alpha value is -6.64. The maximum atomic E-state index is 7.03. The van der Waals surface area contributed by atoms with Crippen LogP contribution >= 0.6 is 0 Å². The summed E-state index contributed by atoms with van der Waals surface area (Å²) in [5.74, 6) is 0. The normalized spacial score (nSPS) is 13.2. The van der Waals surface area contributed by atoms with E-state index < -0.39 is 0 Å². The molecule has 9 aromatic carbocycles. The molecular weight excluding hydrogens is 643 g/mol. The van der Waals surface area contributed by atoms with E-state index in [1.54, 1.807) is 0 Å². The minimum Gasteiger partial charge on any atom is -0.455 e. The van der Waals surface area contributed by atoms with Crippen LogP contribution in [0.4, 0.5) is 17.1 Å². The summed E-state index contributed by atoms with van der Waals surface area (Å²) in [5.41, 5.74) is 12.6. The predicted octanol–water partition coefficient (Wildman–Crippen LogP) is 14.5. The summed E-state index contributed by atoms with van der Waals surface area (Å²) >= 11 is 0. The Morgan fingerprint density at radius 2 is 1.11 bits per heavy atom. The Morgan fingerprint density at radius 1 is 0.434 bits per heavy atom. The van der Waals surface area contributed by atoms with E-state index in [1.165, 1.54) is 54.6 Å². The minimum absolute atomic E-state index is 0.115. The molecule has 0 radical (unpaired) electrons. The fraction of sp³-hybridized carbons (Fsp3) is 0.0588. The standard InChI is InChI=1S/C51H35NO/c1-51(2)45-20-10-9-19-41(45)42-26-24-37(30-46(42)51)52(47-21-11-16-33-13-5-7-17-39(33)47)38-25-27-43-44-29-35-15-6-8-18-40(35)49(50(44)53-48(43)31-38)36-23-22-32-12-3-4-14-34(32)28-36/h3-31H,1-2H3. The molecule has 0 unspecified atom stereocenters. The number of benzene rings is 9. The summed E-state index contributed by atoms with van der Waals surface area (Å²) in [5, 5.41) is 9.49. The van der Waals surface area contributed by atoms with Crippen LogP contribution in [-0.2, 0) is 5.41 Å². The van der Waals surface area contributed by atoms with Gasteiger partial charge < -0.3 is 9.32 Å². The molecule has 1 aromatic heterocycles. The molecule has 11 rings (SSSR count). The third-order valence-corrected chi connectivity index (χ3v) is 11.6. The third-order valence-electron chi connectivity index (χ3n) is 11.6. The van der Waals surface area contributed by atoms with Crippen LogP contribution in [0.15, 0.2) is 180 Å². The zero-order chi connectivity index (χ0) is 35.3. The van der Waals surface area contributed by atoms with Crippen molar-refractivity contribution in [3.05, 3.63) is 187 Å². The van der Waals surface area contributed by atoms with Gasteiger partial charge in [0.25, 0.3) is 0 Å². The summed E-state index contributed by atoms with van der Waals surface area (Å²) in [4.78, 5) is 2.41. The van der Waals surface area contributed by atoms with E-state index in [9.17, 15) is 0 Å². The Morgan fingerprint density at radius 3 is 2.00 bits per heavy atom. The second kappa shape index (κ2) is 11.2. The van der Waals surface area contributed by atoms with Crippen LogP contribution in [0.25, 0.3) is 76.5 Å². The summed E-state index contributed by atoms with van der Waals surface area (Å²) < 4.78 is 7.03. The van der Waals surface area contributed by atoms with Crippen LogP contribution in [0.2, 0.25) is 0 Å². The average Bonchev–Trinajstić information content (AvgIpc) is 3.67. The highest BCUT2D eigenvalue weighted by Gasteiger charge is 2.36. The van der Waals surface area contributed by atoms with Crippen LogP contribution in [0.5, 0.6) is 0 Å². The molecule has 0 atom stereocenters. The molecule has 0 N–H and O–H groups in total. The van der Waals surface area contributed by atoms with Crippen molar-refractivity contribution in [3.63, 3.8) is 0 Å². The third kappa shape index (κ3) is 4.45. The highest BCUT2D eigenvalue weighted by Crippen LogP contribution is 2.51. The van der Waals surface area contributed by atoms with Gasteiger partial charge in [-0.25, -0.2) is 0 Å². The van der Waals surface area contributed by atoms with Crippen molar-refractivity contribution in [2.24, 2.45) is 0 Å². The molecule has 53 heavy (non-hydrogen) atoms. The molecule has 1 heterocycles. The molecule has 0 aliphatic heterocycles. The smallest absolute Gasteiger partial charge is 0.143 e. The SMILES string of the molecule is CC1(C)c2ccccc2-c2ccc(N(c3ccc4c(c3)oc3c(-c5ccc6ccccc6c5)c5ccccc5cc34)c3cccc4ccccc34)cc21. The first-order valence-corrected chi connectivity index (χ1v) is 18.4. The van der Waals surface area contributed by atoms with Gasteiger partial charge in [0, 0.05) is 44.6 Å². The summed E-state index contributed by atoms with van der Waals surface area (Å²) in [6.07, 6.45) is 0. The molecule has 0 amide bonds. The Labute approximate surface area is 308 Å². The molecular formula is C51H35NO. The van der Waals surface area contributed by atoms with E-state index in [0.717, 1.165) is 50.1 Å². The lowest BCUT2D eigenvalue weighted by atomic mass is 9.82. The molecule has 0 saturated heterocycles. The maximum Gasteiger partial charge on any atom is 0.143 e. The first kappa shape index (κ1) is 30.0. The van der Waals surface area contributed by atoms with Crippen LogP contribution in [0.3, 0.4) is 0 Å². The number of rotatable bonds is 4. The second-order valence-electron chi connectivity index (χ2n) is 14.9. The molecule has 0 saturated carbocycles. The number of hydrogen-bond acceptors (Lipinski definition) is 2. The van der Waals surface area contributed by atoms with Crippen LogP contribution in [0, 0.1) is 0 Å². The van der Waals surface area contributed by atoms with Gasteiger partial charge in [-0.3, -0.25) is 0 Å². The predicted molar refractivity (Wildman–Crippen MR) is 224 cm³/mol. The molecule has 2 nitrogen and oxygen atoms in total. The van der Waals surface area contributed by atoms with Gasteiger partial charge >= 0.3 is 0 Å². The van der Waals surface area contributed by atoms with Gasteiger partial charge in [-0.05, 0) is 97.2 Å². The van der Waals surface area contributed by atoms with E-state index in [0.29, 0.717) is 0 Å². The average molecular weight is 678 g/mol. The van der Waals surface area contributed by atoms with Crippen molar-refractivity contribution >= 4 is 71.3 Å². The lowest BCUT2D eigenvalue weighted by Gasteiger charge is -2.29. The van der Waals surface area contributed by atoms with Crippen molar-refractivity contribution in [2.75, 3.05) is 4.90 Å². The van der Waals surface area contributed by atoms with E-state index in [1.807, 2.05) is 0 Å². The lowest BCUT2D eigenvalue weighted by molar-refractivity contribution is 0.660.